The normalized spacial score (nSPS) is 19.2. The van der Waals surface area contributed by atoms with Crippen molar-refractivity contribution in [3.63, 3.8) is 0 Å². The zero-order chi connectivity index (χ0) is 11.8. The third-order valence-electron chi connectivity index (χ3n) is 2.45. The van der Waals surface area contributed by atoms with E-state index < -0.39 is 11.4 Å². The minimum atomic E-state index is -1.80. The Morgan fingerprint density at radius 2 is 1.81 bits per heavy atom. The molecular formula is C10H19NO4S. The highest BCUT2D eigenvalue weighted by molar-refractivity contribution is 7.75. The third-order valence-corrected chi connectivity index (χ3v) is 3.19. The van der Waals surface area contributed by atoms with Gasteiger partial charge in [0.15, 0.2) is 0 Å². The van der Waals surface area contributed by atoms with Crippen LogP contribution in [-0.4, -0.2) is 41.3 Å². The van der Waals surface area contributed by atoms with E-state index in [1.165, 1.54) is 12.8 Å². The van der Waals surface area contributed by atoms with Gasteiger partial charge in [-0.1, -0.05) is 12.8 Å². The number of nitrogens with zero attached hydrogens (tertiary/aromatic N) is 1. The molecule has 0 aromatic heterocycles. The van der Waals surface area contributed by atoms with E-state index in [1.807, 2.05) is 0 Å². The molecule has 1 unspecified atom stereocenters. The number of carbonyl (C=O) groups excluding carboxylic acids is 1. The summed E-state index contributed by atoms with van der Waals surface area (Å²) in [6.45, 7) is 3.43. The quantitative estimate of drug-likeness (QED) is 0.730. The van der Waals surface area contributed by atoms with Gasteiger partial charge < -0.3 is 4.90 Å². The lowest BCUT2D eigenvalue weighted by atomic mass is 10.2. The van der Waals surface area contributed by atoms with Gasteiger partial charge in [0.2, 0.25) is 5.91 Å². The van der Waals surface area contributed by atoms with Gasteiger partial charge in [-0.2, -0.15) is 4.21 Å². The first-order valence-corrected chi connectivity index (χ1v) is 6.70. The second kappa shape index (κ2) is 7.76. The van der Waals surface area contributed by atoms with Gasteiger partial charge in [0.25, 0.3) is 0 Å². The largest absolute Gasteiger partial charge is 0.341 e. The molecule has 6 heteroatoms. The Balaban J connectivity index is 2.25. The summed E-state index contributed by atoms with van der Waals surface area (Å²) in [5.74, 6) is -0.102. The average Bonchev–Trinajstić information content (AvgIpc) is 2.55. The fourth-order valence-electron chi connectivity index (χ4n) is 1.64. The summed E-state index contributed by atoms with van der Waals surface area (Å²) in [7, 11) is 0. The molecule has 1 rings (SSSR count). The Kier molecular flexibility index (Phi) is 6.59. The van der Waals surface area contributed by atoms with E-state index >= 15 is 0 Å². The van der Waals surface area contributed by atoms with E-state index in [9.17, 15) is 9.00 Å². The minimum Gasteiger partial charge on any atom is -0.341 e. The molecule has 94 valence electrons. The van der Waals surface area contributed by atoms with Gasteiger partial charge in [-0.15, -0.1) is 0 Å². The summed E-state index contributed by atoms with van der Waals surface area (Å²) in [4.78, 5) is 13.4. The molecule has 0 bridgehead atoms. The number of likely N-dealkylation sites (tertiary alicyclic amines) is 1. The Morgan fingerprint density at radius 1 is 1.19 bits per heavy atom. The van der Waals surface area contributed by atoms with Crippen molar-refractivity contribution in [1.29, 1.82) is 0 Å². The van der Waals surface area contributed by atoms with Crippen LogP contribution in [0.3, 0.4) is 0 Å². The molecule has 0 N–H and O–H groups in total. The summed E-state index contributed by atoms with van der Waals surface area (Å²) in [6, 6.07) is 0. The number of amides is 1. The van der Waals surface area contributed by atoms with Crippen molar-refractivity contribution in [2.75, 3.05) is 26.3 Å². The molecule has 0 spiro atoms. The number of rotatable bonds is 5. The highest BCUT2D eigenvalue weighted by Crippen LogP contribution is 2.09. The Hall–Kier alpha value is -0.460. The lowest BCUT2D eigenvalue weighted by Crippen LogP contribution is -2.35. The Labute approximate surface area is 99.0 Å². The van der Waals surface area contributed by atoms with Crippen molar-refractivity contribution in [1.82, 2.24) is 4.90 Å². The maximum Gasteiger partial charge on any atom is 0.305 e. The topological polar surface area (TPSA) is 55.8 Å². The van der Waals surface area contributed by atoms with Crippen LogP contribution in [0.1, 0.15) is 32.6 Å². The van der Waals surface area contributed by atoms with Crippen LogP contribution in [0.2, 0.25) is 0 Å². The van der Waals surface area contributed by atoms with E-state index in [4.69, 9.17) is 4.18 Å². The van der Waals surface area contributed by atoms with Crippen LogP contribution in [0, 0.1) is 0 Å². The molecular weight excluding hydrogens is 230 g/mol. The van der Waals surface area contributed by atoms with E-state index in [1.54, 1.807) is 11.8 Å². The molecule has 1 amide bonds. The monoisotopic (exact) mass is 249 g/mol. The second-order valence-corrected chi connectivity index (χ2v) is 4.55. The Bertz CT molecular complexity index is 239. The average molecular weight is 249 g/mol. The van der Waals surface area contributed by atoms with Crippen LogP contribution in [0.4, 0.5) is 0 Å². The second-order valence-electron chi connectivity index (χ2n) is 3.67. The summed E-state index contributed by atoms with van der Waals surface area (Å²) in [5, 5.41) is 0. The third kappa shape index (κ3) is 5.05. The van der Waals surface area contributed by atoms with Crippen LogP contribution >= 0.6 is 0 Å². The number of hydrogen-bond donors (Lipinski definition) is 0. The molecule has 0 aliphatic carbocycles. The van der Waals surface area contributed by atoms with Gasteiger partial charge in [-0.05, 0) is 19.8 Å². The molecule has 5 nitrogen and oxygen atoms in total. The maximum absolute atomic E-state index is 11.7. The van der Waals surface area contributed by atoms with Crippen molar-refractivity contribution >= 4 is 17.3 Å². The van der Waals surface area contributed by atoms with Gasteiger partial charge in [0.1, 0.15) is 6.61 Å². The van der Waals surface area contributed by atoms with Crippen LogP contribution in [-0.2, 0) is 24.5 Å². The zero-order valence-corrected chi connectivity index (χ0v) is 10.5. The molecule has 1 fully saturated rings. The van der Waals surface area contributed by atoms with Crippen molar-refractivity contribution < 1.29 is 17.4 Å². The molecule has 1 saturated heterocycles. The number of hydrogen-bond acceptors (Lipinski definition) is 4. The van der Waals surface area contributed by atoms with Crippen LogP contribution in [0.25, 0.3) is 0 Å². The van der Waals surface area contributed by atoms with Gasteiger partial charge in [-0.3, -0.25) is 13.2 Å². The molecule has 16 heavy (non-hydrogen) atoms. The molecule has 1 aliphatic rings. The molecule has 1 heterocycles. The lowest BCUT2D eigenvalue weighted by molar-refractivity contribution is -0.133. The number of carbonyl (C=O) groups is 1. The molecule has 0 aromatic rings. The first-order valence-electron chi connectivity index (χ1n) is 5.70. The van der Waals surface area contributed by atoms with E-state index in [2.05, 4.69) is 4.18 Å². The predicted molar refractivity (Wildman–Crippen MR) is 60.8 cm³/mol. The van der Waals surface area contributed by atoms with Crippen molar-refractivity contribution in [3.05, 3.63) is 0 Å². The first-order chi connectivity index (χ1) is 7.74. The van der Waals surface area contributed by atoms with Gasteiger partial charge in [-0.25, -0.2) is 0 Å². The van der Waals surface area contributed by atoms with Crippen LogP contribution in [0.5, 0.6) is 0 Å². The lowest BCUT2D eigenvalue weighted by Gasteiger charge is -2.19. The SMILES string of the molecule is CCOS(=O)OCC(=O)N1CCCCCC1. The Morgan fingerprint density at radius 3 is 2.38 bits per heavy atom. The smallest absolute Gasteiger partial charge is 0.305 e. The van der Waals surface area contributed by atoms with Crippen molar-refractivity contribution in [3.8, 4) is 0 Å². The highest BCUT2D eigenvalue weighted by Gasteiger charge is 2.16. The molecule has 0 saturated carbocycles. The van der Waals surface area contributed by atoms with Gasteiger partial charge >= 0.3 is 11.4 Å². The summed E-state index contributed by atoms with van der Waals surface area (Å²) < 4.78 is 20.5. The maximum atomic E-state index is 11.7. The minimum absolute atomic E-state index is 0.102. The summed E-state index contributed by atoms with van der Waals surface area (Å²) >= 11 is -1.80. The fraction of sp³-hybridized carbons (Fsp3) is 0.900. The van der Waals surface area contributed by atoms with Crippen LogP contribution in [0.15, 0.2) is 0 Å². The highest BCUT2D eigenvalue weighted by atomic mass is 32.2. The van der Waals surface area contributed by atoms with E-state index in [-0.39, 0.29) is 12.5 Å². The molecule has 1 aliphatic heterocycles. The summed E-state index contributed by atoms with van der Waals surface area (Å²) in [6.07, 6.45) is 4.44. The van der Waals surface area contributed by atoms with Crippen molar-refractivity contribution in [2.45, 2.75) is 32.6 Å². The molecule has 0 aromatic carbocycles. The zero-order valence-electron chi connectivity index (χ0n) is 9.65. The molecule has 0 radical (unpaired) electrons. The van der Waals surface area contributed by atoms with Crippen LogP contribution < -0.4 is 0 Å². The fourth-order valence-corrected chi connectivity index (χ4v) is 2.10. The predicted octanol–water partition coefficient (Wildman–Crippen LogP) is 1.02. The van der Waals surface area contributed by atoms with Crippen molar-refractivity contribution in [2.24, 2.45) is 0 Å². The summed E-state index contributed by atoms with van der Waals surface area (Å²) in [5.41, 5.74) is 0. The van der Waals surface area contributed by atoms with Gasteiger partial charge in [0.05, 0.1) is 6.61 Å². The molecule has 1 atom stereocenters. The van der Waals surface area contributed by atoms with E-state index in [0.29, 0.717) is 6.61 Å². The van der Waals surface area contributed by atoms with Gasteiger partial charge in [0, 0.05) is 13.1 Å². The standard InChI is InChI=1S/C10H19NO4S/c1-2-14-16(13)15-9-10(12)11-7-5-3-4-6-8-11/h2-9H2,1H3. The first kappa shape index (κ1) is 13.6. The van der Waals surface area contributed by atoms with E-state index in [0.717, 1.165) is 25.9 Å².